The molecule has 1 aliphatic carbocycles. The normalized spacial score (nSPS) is 17.3. The number of fused-ring (bicyclic) bond motifs is 1. The van der Waals surface area contributed by atoms with Crippen molar-refractivity contribution in [2.45, 2.75) is 24.7 Å². The molecule has 2 aromatic carbocycles. The van der Waals surface area contributed by atoms with Crippen LogP contribution in [0.3, 0.4) is 0 Å². The minimum atomic E-state index is 0.144. The maximum Gasteiger partial charge on any atom is 0.166 e. The number of hydrogen-bond donors (Lipinski definition) is 0. The molecule has 0 radical (unpaired) electrons. The van der Waals surface area contributed by atoms with Gasteiger partial charge in [-0.25, -0.2) is 0 Å². The van der Waals surface area contributed by atoms with E-state index in [4.69, 9.17) is 0 Å². The van der Waals surface area contributed by atoms with Crippen molar-refractivity contribution in [3.05, 3.63) is 64.7 Å². The average Bonchev–Trinajstić information content (AvgIpc) is 2.76. The summed E-state index contributed by atoms with van der Waals surface area (Å²) in [4.78, 5) is 13.6. The van der Waals surface area contributed by atoms with Gasteiger partial charge in [-0.3, -0.25) is 4.79 Å². The van der Waals surface area contributed by atoms with Gasteiger partial charge in [0.1, 0.15) is 0 Å². The molecule has 1 aliphatic rings. The maximum atomic E-state index is 12.3. The lowest BCUT2D eigenvalue weighted by atomic mass is 9.96. The van der Waals surface area contributed by atoms with Gasteiger partial charge in [-0.1, -0.05) is 37.3 Å². The molecular weight excluding hydrogens is 264 g/mol. The Hall–Kier alpha value is -1.54. The summed E-state index contributed by atoms with van der Waals surface area (Å²) in [6.45, 7) is 2.03. The summed E-state index contributed by atoms with van der Waals surface area (Å²) >= 11 is 1.75. The number of benzene rings is 2. The molecule has 2 heteroatoms. The zero-order valence-electron chi connectivity index (χ0n) is 11.8. The molecule has 0 aliphatic heterocycles. The quantitative estimate of drug-likeness (QED) is 0.777. The number of Topliss-reactive ketones (excluding diaryl/α,β-unsaturated/α-hetero) is 1. The minimum Gasteiger partial charge on any atom is -0.294 e. The highest BCUT2D eigenvalue weighted by molar-refractivity contribution is 7.98. The highest BCUT2D eigenvalue weighted by Gasteiger charge is 2.28. The molecule has 2 aromatic rings. The first kappa shape index (κ1) is 13.4. The molecular formula is C18H18OS. The summed E-state index contributed by atoms with van der Waals surface area (Å²) in [5, 5.41) is 0. The van der Waals surface area contributed by atoms with Gasteiger partial charge in [-0.2, -0.15) is 0 Å². The van der Waals surface area contributed by atoms with Crippen molar-refractivity contribution < 1.29 is 4.79 Å². The topological polar surface area (TPSA) is 17.1 Å². The SMILES string of the molecule is CSc1ccc(Cc2cccc3c2C(=O)C(C)C3)cc1. The van der Waals surface area contributed by atoms with E-state index in [0.717, 1.165) is 18.4 Å². The van der Waals surface area contributed by atoms with Crippen LogP contribution in [0.5, 0.6) is 0 Å². The van der Waals surface area contributed by atoms with E-state index in [2.05, 4.69) is 48.7 Å². The summed E-state index contributed by atoms with van der Waals surface area (Å²) < 4.78 is 0. The smallest absolute Gasteiger partial charge is 0.166 e. The summed E-state index contributed by atoms with van der Waals surface area (Å²) in [7, 11) is 0. The van der Waals surface area contributed by atoms with Crippen LogP contribution in [0.2, 0.25) is 0 Å². The number of ketones is 1. The van der Waals surface area contributed by atoms with Crippen LogP contribution in [-0.2, 0) is 12.8 Å². The molecule has 102 valence electrons. The van der Waals surface area contributed by atoms with E-state index >= 15 is 0 Å². The number of carbonyl (C=O) groups is 1. The van der Waals surface area contributed by atoms with Crippen molar-refractivity contribution in [3.63, 3.8) is 0 Å². The zero-order chi connectivity index (χ0) is 14.1. The molecule has 0 bridgehead atoms. The van der Waals surface area contributed by atoms with Crippen LogP contribution in [0.4, 0.5) is 0 Å². The zero-order valence-corrected chi connectivity index (χ0v) is 12.7. The van der Waals surface area contributed by atoms with Crippen LogP contribution >= 0.6 is 11.8 Å². The predicted molar refractivity (Wildman–Crippen MR) is 84.7 cm³/mol. The third kappa shape index (κ3) is 2.40. The molecule has 0 saturated heterocycles. The molecule has 0 amide bonds. The number of hydrogen-bond acceptors (Lipinski definition) is 2. The van der Waals surface area contributed by atoms with Gasteiger partial charge in [-0.15, -0.1) is 11.8 Å². The second-order valence-electron chi connectivity index (χ2n) is 5.45. The van der Waals surface area contributed by atoms with Gasteiger partial charge in [0, 0.05) is 16.4 Å². The summed E-state index contributed by atoms with van der Waals surface area (Å²) in [5.41, 5.74) is 4.65. The lowest BCUT2D eigenvalue weighted by molar-refractivity contribution is 0.0945. The first-order valence-electron chi connectivity index (χ1n) is 6.97. The fraction of sp³-hybridized carbons (Fsp3) is 0.278. The first-order valence-corrected chi connectivity index (χ1v) is 8.19. The monoisotopic (exact) mass is 282 g/mol. The fourth-order valence-corrected chi connectivity index (χ4v) is 3.33. The van der Waals surface area contributed by atoms with E-state index < -0.39 is 0 Å². The molecule has 20 heavy (non-hydrogen) atoms. The van der Waals surface area contributed by atoms with Crippen LogP contribution in [0.25, 0.3) is 0 Å². The highest BCUT2D eigenvalue weighted by atomic mass is 32.2. The Kier molecular flexibility index (Phi) is 3.66. The van der Waals surface area contributed by atoms with Crippen LogP contribution in [0, 0.1) is 5.92 Å². The molecule has 0 saturated carbocycles. The third-order valence-electron chi connectivity index (χ3n) is 4.01. The Balaban J connectivity index is 1.92. The van der Waals surface area contributed by atoms with Gasteiger partial charge < -0.3 is 0 Å². The van der Waals surface area contributed by atoms with E-state index in [-0.39, 0.29) is 5.92 Å². The van der Waals surface area contributed by atoms with Gasteiger partial charge in [0.05, 0.1) is 0 Å². The molecule has 0 heterocycles. The first-order chi connectivity index (χ1) is 9.69. The molecule has 3 rings (SSSR count). The van der Waals surface area contributed by atoms with Gasteiger partial charge in [0.15, 0.2) is 5.78 Å². The summed E-state index contributed by atoms with van der Waals surface area (Å²) in [6.07, 6.45) is 3.82. The Morgan fingerprint density at radius 1 is 1.15 bits per heavy atom. The van der Waals surface area contributed by atoms with Gasteiger partial charge >= 0.3 is 0 Å². The van der Waals surface area contributed by atoms with E-state index in [1.807, 2.05) is 6.92 Å². The molecule has 1 atom stereocenters. The van der Waals surface area contributed by atoms with Crippen LogP contribution < -0.4 is 0 Å². The Labute approximate surface area is 124 Å². The average molecular weight is 282 g/mol. The molecule has 1 unspecified atom stereocenters. The van der Waals surface area contributed by atoms with Crippen LogP contribution in [0.15, 0.2) is 47.4 Å². The summed E-state index contributed by atoms with van der Waals surface area (Å²) in [5.74, 6) is 0.460. The number of rotatable bonds is 3. The van der Waals surface area contributed by atoms with Gasteiger partial charge in [0.2, 0.25) is 0 Å². The third-order valence-corrected chi connectivity index (χ3v) is 4.75. The maximum absolute atomic E-state index is 12.3. The Morgan fingerprint density at radius 3 is 2.60 bits per heavy atom. The van der Waals surface area contributed by atoms with Crippen molar-refractivity contribution >= 4 is 17.5 Å². The molecule has 0 fully saturated rings. The van der Waals surface area contributed by atoms with Crippen molar-refractivity contribution in [3.8, 4) is 0 Å². The number of thioether (sulfide) groups is 1. The second-order valence-corrected chi connectivity index (χ2v) is 6.33. The van der Waals surface area contributed by atoms with Crippen molar-refractivity contribution in [2.75, 3.05) is 6.26 Å². The van der Waals surface area contributed by atoms with Crippen LogP contribution in [0.1, 0.15) is 34.0 Å². The van der Waals surface area contributed by atoms with E-state index in [0.29, 0.717) is 5.78 Å². The fourth-order valence-electron chi connectivity index (χ4n) is 2.92. The van der Waals surface area contributed by atoms with Crippen molar-refractivity contribution in [1.29, 1.82) is 0 Å². The largest absolute Gasteiger partial charge is 0.294 e. The molecule has 1 nitrogen and oxygen atoms in total. The molecule has 0 spiro atoms. The lowest BCUT2D eigenvalue weighted by Crippen LogP contribution is -2.06. The van der Waals surface area contributed by atoms with Gasteiger partial charge in [0.25, 0.3) is 0 Å². The Morgan fingerprint density at radius 2 is 1.90 bits per heavy atom. The van der Waals surface area contributed by atoms with Crippen molar-refractivity contribution in [2.24, 2.45) is 5.92 Å². The van der Waals surface area contributed by atoms with Crippen molar-refractivity contribution in [1.82, 2.24) is 0 Å². The molecule has 0 N–H and O–H groups in total. The minimum absolute atomic E-state index is 0.144. The molecule has 0 aromatic heterocycles. The van der Waals surface area contributed by atoms with E-state index in [9.17, 15) is 4.79 Å². The Bertz CT molecular complexity index is 643. The van der Waals surface area contributed by atoms with Crippen LogP contribution in [-0.4, -0.2) is 12.0 Å². The van der Waals surface area contributed by atoms with E-state index in [1.165, 1.54) is 21.6 Å². The lowest BCUT2D eigenvalue weighted by Gasteiger charge is -2.08. The second kappa shape index (κ2) is 5.45. The standard InChI is InChI=1S/C18H18OS/c1-12-10-14-4-3-5-15(17(14)18(12)19)11-13-6-8-16(20-2)9-7-13/h3-9,12H,10-11H2,1-2H3. The van der Waals surface area contributed by atoms with Gasteiger partial charge in [-0.05, 0) is 47.9 Å². The number of carbonyl (C=O) groups excluding carboxylic acids is 1. The highest BCUT2D eigenvalue weighted by Crippen LogP contribution is 2.30. The predicted octanol–water partition coefficient (Wildman–Crippen LogP) is 4.37. The van der Waals surface area contributed by atoms with E-state index in [1.54, 1.807) is 11.8 Å². The summed E-state index contributed by atoms with van der Waals surface area (Å²) in [6, 6.07) is 14.9.